The lowest BCUT2D eigenvalue weighted by molar-refractivity contribution is -0.181. The Labute approximate surface area is 190 Å². The lowest BCUT2D eigenvalue weighted by Crippen LogP contribution is -2.51. The van der Waals surface area contributed by atoms with Crippen LogP contribution in [-0.4, -0.2) is 67.1 Å². The first kappa shape index (κ1) is 30.0. The molecule has 11 heteroatoms. The lowest BCUT2D eigenvalue weighted by atomic mass is 10.0. The van der Waals surface area contributed by atoms with Crippen molar-refractivity contribution in [1.82, 2.24) is 5.06 Å². The Morgan fingerprint density at radius 1 is 1.12 bits per heavy atom. The summed E-state index contributed by atoms with van der Waals surface area (Å²) in [5.41, 5.74) is -1.68. The van der Waals surface area contributed by atoms with Crippen LogP contribution in [0.1, 0.15) is 48.5 Å². The second-order valence-corrected chi connectivity index (χ2v) is 10.1. The predicted octanol–water partition coefficient (Wildman–Crippen LogP) is 4.05. The Balaban J connectivity index is 6.12. The Kier molecular flexibility index (Phi) is 12.7. The molecule has 0 aromatic carbocycles. The van der Waals surface area contributed by atoms with Gasteiger partial charge in [-0.05, 0) is 54.0 Å². The average Bonchev–Trinajstić information content (AvgIpc) is 2.68. The Hall–Kier alpha value is -2.00. The summed E-state index contributed by atoms with van der Waals surface area (Å²) in [5, 5.41) is 0.506. The van der Waals surface area contributed by atoms with Gasteiger partial charge in [-0.3, -0.25) is 14.2 Å². The van der Waals surface area contributed by atoms with Crippen molar-refractivity contribution < 1.29 is 42.3 Å². The minimum Gasteiger partial charge on any atom is -0.460 e. The van der Waals surface area contributed by atoms with Gasteiger partial charge in [-0.25, -0.2) is 9.59 Å². The number of esters is 1. The van der Waals surface area contributed by atoms with Crippen molar-refractivity contribution in [2.75, 3.05) is 26.9 Å². The number of amides is 1. The normalized spacial score (nSPS) is 14.3. The molecule has 0 saturated heterocycles. The molecule has 2 unspecified atom stereocenters. The van der Waals surface area contributed by atoms with Gasteiger partial charge in [-0.15, -0.1) is 0 Å². The Morgan fingerprint density at radius 2 is 1.66 bits per heavy atom. The van der Waals surface area contributed by atoms with E-state index in [9.17, 15) is 18.9 Å². The summed E-state index contributed by atoms with van der Waals surface area (Å²) in [6.45, 7) is 14.8. The first-order valence-electron chi connectivity index (χ1n) is 10.2. The maximum atomic E-state index is 13.2. The molecule has 0 radical (unpaired) electrons. The van der Waals surface area contributed by atoms with Gasteiger partial charge in [-0.1, -0.05) is 18.7 Å². The molecular formula is C21H36NO9P. The van der Waals surface area contributed by atoms with Crippen LogP contribution in [0.4, 0.5) is 4.79 Å². The number of Topliss-reactive ketones (excluding diaryl/α,β-unsaturated/α-hetero) is 1. The monoisotopic (exact) mass is 477 g/mol. The van der Waals surface area contributed by atoms with E-state index in [0.29, 0.717) is 5.06 Å². The van der Waals surface area contributed by atoms with Crippen molar-refractivity contribution in [3.8, 4) is 0 Å². The zero-order valence-electron chi connectivity index (χ0n) is 20.2. The number of hydroxylamine groups is 2. The molecule has 0 saturated carbocycles. The van der Waals surface area contributed by atoms with E-state index >= 15 is 0 Å². The van der Waals surface area contributed by atoms with Crippen LogP contribution in [0.2, 0.25) is 0 Å². The molecule has 0 fully saturated rings. The van der Waals surface area contributed by atoms with E-state index in [2.05, 4.69) is 6.58 Å². The van der Waals surface area contributed by atoms with Crippen LogP contribution in [0.3, 0.4) is 0 Å². The third-order valence-electron chi connectivity index (χ3n) is 3.82. The first-order valence-corrected chi connectivity index (χ1v) is 11.8. The van der Waals surface area contributed by atoms with Gasteiger partial charge >= 0.3 is 19.7 Å². The number of ether oxygens (including phenoxy) is 2. The van der Waals surface area contributed by atoms with Crippen LogP contribution < -0.4 is 0 Å². The third-order valence-corrected chi connectivity index (χ3v) is 6.20. The lowest BCUT2D eigenvalue weighted by Gasteiger charge is -2.29. The Morgan fingerprint density at radius 3 is 2.06 bits per heavy atom. The van der Waals surface area contributed by atoms with E-state index < -0.39 is 42.7 Å². The van der Waals surface area contributed by atoms with E-state index in [0.717, 1.165) is 7.11 Å². The largest absolute Gasteiger partial charge is 0.460 e. The highest BCUT2D eigenvalue weighted by molar-refractivity contribution is 7.54. The number of carbonyl (C=O) groups is 3. The molecule has 2 atom stereocenters. The van der Waals surface area contributed by atoms with Gasteiger partial charge in [0.1, 0.15) is 12.2 Å². The van der Waals surface area contributed by atoms with Crippen LogP contribution in [0, 0.1) is 0 Å². The average molecular weight is 477 g/mol. The van der Waals surface area contributed by atoms with Crippen molar-refractivity contribution in [2.45, 2.75) is 65.8 Å². The van der Waals surface area contributed by atoms with Crippen molar-refractivity contribution in [3.05, 3.63) is 24.3 Å². The van der Waals surface area contributed by atoms with E-state index in [-0.39, 0.29) is 25.4 Å². The number of ketones is 1. The highest BCUT2D eigenvalue weighted by Gasteiger charge is 2.41. The van der Waals surface area contributed by atoms with Crippen LogP contribution >= 0.6 is 7.60 Å². The summed E-state index contributed by atoms with van der Waals surface area (Å²) in [6.07, 6.45) is 1.63. The fraction of sp³-hybridized carbons (Fsp3) is 0.667. The van der Waals surface area contributed by atoms with Gasteiger partial charge in [0, 0.05) is 0 Å². The molecule has 10 nitrogen and oxygen atoms in total. The molecule has 0 aromatic heterocycles. The van der Waals surface area contributed by atoms with E-state index in [1.165, 1.54) is 19.1 Å². The minimum absolute atomic E-state index is 0.0308. The van der Waals surface area contributed by atoms with Crippen molar-refractivity contribution >= 4 is 25.4 Å². The molecule has 0 aliphatic carbocycles. The highest BCUT2D eigenvalue weighted by Crippen LogP contribution is 2.53. The van der Waals surface area contributed by atoms with Crippen LogP contribution in [-0.2, 0) is 37.5 Å². The standard InChI is InChI=1S/C21H36NO9P/c1-10-13-28-19(24)17(22(27-9)20(25)31-21(6,7)8)18(23)15(4)14-16(5)32(26,29-11-2)30-12-3/h10,14,16-17H,1,11-13H2,2-9H3/b15-14+. The first-order chi connectivity index (χ1) is 14.8. The molecule has 0 aromatic rings. The number of carbonyl (C=O) groups excluding carboxylic acids is 3. The van der Waals surface area contributed by atoms with Gasteiger partial charge in [0.25, 0.3) is 0 Å². The van der Waals surface area contributed by atoms with E-state index in [4.69, 9.17) is 23.4 Å². The summed E-state index contributed by atoms with van der Waals surface area (Å²) in [5.74, 6) is -1.85. The predicted molar refractivity (Wildman–Crippen MR) is 119 cm³/mol. The molecule has 0 bridgehead atoms. The van der Waals surface area contributed by atoms with Crippen LogP contribution in [0.25, 0.3) is 0 Å². The van der Waals surface area contributed by atoms with Gasteiger partial charge in [0.2, 0.25) is 6.04 Å². The second-order valence-electron chi connectivity index (χ2n) is 7.64. The van der Waals surface area contributed by atoms with Crippen LogP contribution in [0.5, 0.6) is 0 Å². The summed E-state index contributed by atoms with van der Waals surface area (Å²) >= 11 is 0. The Bertz CT molecular complexity index is 732. The molecule has 32 heavy (non-hydrogen) atoms. The SMILES string of the molecule is C=CCOC(=O)C(C(=O)/C(C)=C/C(C)P(=O)(OCC)OCC)N(OC)C(=O)OC(C)(C)C. The zero-order chi connectivity index (χ0) is 25.1. The van der Waals surface area contributed by atoms with E-state index in [1.807, 2.05) is 0 Å². The van der Waals surface area contributed by atoms with Gasteiger partial charge in [0.05, 0.1) is 26.0 Å². The van der Waals surface area contributed by atoms with Crippen molar-refractivity contribution in [1.29, 1.82) is 0 Å². The molecule has 1 amide bonds. The number of rotatable bonds is 13. The molecule has 184 valence electrons. The maximum absolute atomic E-state index is 13.2. The van der Waals surface area contributed by atoms with Crippen molar-refractivity contribution in [2.24, 2.45) is 0 Å². The maximum Gasteiger partial charge on any atom is 0.435 e. The fourth-order valence-corrected chi connectivity index (χ4v) is 4.18. The summed E-state index contributed by atoms with van der Waals surface area (Å²) in [7, 11) is -2.43. The van der Waals surface area contributed by atoms with Crippen molar-refractivity contribution in [3.63, 3.8) is 0 Å². The number of nitrogens with zero attached hydrogens (tertiary/aromatic N) is 1. The number of hydrogen-bond acceptors (Lipinski definition) is 9. The molecule has 0 heterocycles. The molecule has 0 aliphatic rings. The third kappa shape index (κ3) is 9.24. The summed E-state index contributed by atoms with van der Waals surface area (Å²) < 4.78 is 33.8. The molecule has 0 N–H and O–H groups in total. The molecule has 0 rings (SSSR count). The smallest absolute Gasteiger partial charge is 0.435 e. The van der Waals surface area contributed by atoms with Gasteiger partial charge in [0.15, 0.2) is 5.78 Å². The summed E-state index contributed by atoms with van der Waals surface area (Å²) in [6, 6.07) is -1.79. The highest BCUT2D eigenvalue weighted by atomic mass is 31.2. The van der Waals surface area contributed by atoms with E-state index in [1.54, 1.807) is 41.5 Å². The molecular weight excluding hydrogens is 441 g/mol. The second kappa shape index (κ2) is 13.5. The minimum atomic E-state index is -3.55. The molecule has 0 aliphatic heterocycles. The number of hydrogen-bond donors (Lipinski definition) is 0. The van der Waals surface area contributed by atoms with Gasteiger partial charge in [-0.2, -0.15) is 5.06 Å². The molecule has 0 spiro atoms. The van der Waals surface area contributed by atoms with Crippen LogP contribution in [0.15, 0.2) is 24.3 Å². The topological polar surface area (TPSA) is 118 Å². The zero-order valence-corrected chi connectivity index (χ0v) is 21.1. The quantitative estimate of drug-likeness (QED) is 0.0966. The number of allylic oxidation sites excluding steroid dienone is 1. The fourth-order valence-electron chi connectivity index (χ4n) is 2.50. The van der Waals surface area contributed by atoms with Gasteiger partial charge < -0.3 is 18.5 Å². The summed E-state index contributed by atoms with van der Waals surface area (Å²) in [4.78, 5) is 43.5.